The number of rotatable bonds is 10. The van der Waals surface area contributed by atoms with E-state index < -0.39 is 16.0 Å². The van der Waals surface area contributed by atoms with Crippen LogP contribution in [0.25, 0.3) is 5.57 Å². The Labute approximate surface area is 321 Å². The van der Waals surface area contributed by atoms with Crippen molar-refractivity contribution >= 4 is 21.6 Å². The number of nitrogens with one attached hydrogen (secondary N) is 1. The molecule has 7 nitrogen and oxygen atoms in total. The van der Waals surface area contributed by atoms with Crippen molar-refractivity contribution in [1.82, 2.24) is 14.5 Å². The molecule has 2 N–H and O–H groups in total. The SMILES string of the molecule is C=C(C)[C@@H]1CC[C@]2(NCCN3CCN(S(=O)(=O)CCC)CC3)CC[C@]3(C)[C@H](CC[C@@H]4[C@@]5(C)CC=C(c6ccc(C(=O)O)cc6)C(C)(C)[C@@H]5CC[C@]43C)[C@@H]12. The van der Waals surface area contributed by atoms with Crippen molar-refractivity contribution in [3.8, 4) is 0 Å². The summed E-state index contributed by atoms with van der Waals surface area (Å²) in [4.78, 5) is 14.1. The van der Waals surface area contributed by atoms with Crippen LogP contribution in [-0.2, 0) is 10.0 Å². The summed E-state index contributed by atoms with van der Waals surface area (Å²) in [5.74, 6) is 2.50. The van der Waals surface area contributed by atoms with E-state index >= 15 is 0 Å². The van der Waals surface area contributed by atoms with Crippen molar-refractivity contribution in [2.24, 2.45) is 51.2 Å². The van der Waals surface area contributed by atoms with Crippen molar-refractivity contribution in [2.75, 3.05) is 45.0 Å². The maximum Gasteiger partial charge on any atom is 0.335 e. The monoisotopic (exact) mass is 748 g/mol. The maximum atomic E-state index is 12.7. The number of carboxylic acids is 1. The van der Waals surface area contributed by atoms with Gasteiger partial charge in [-0.15, -0.1) is 0 Å². The van der Waals surface area contributed by atoms with Gasteiger partial charge in [0.1, 0.15) is 0 Å². The number of fused-ring (bicyclic) bond motifs is 7. The molecule has 1 aromatic carbocycles. The molecule has 1 aliphatic heterocycles. The summed E-state index contributed by atoms with van der Waals surface area (Å²) in [7, 11) is -3.12. The van der Waals surface area contributed by atoms with Gasteiger partial charge in [0.2, 0.25) is 10.0 Å². The number of aromatic carboxylic acids is 1. The van der Waals surface area contributed by atoms with E-state index in [0.29, 0.717) is 54.7 Å². The fraction of sp³-hybridized carbons (Fsp3) is 0.756. The number of carboxylic acid groups (broad SMARTS) is 1. The van der Waals surface area contributed by atoms with E-state index in [1.54, 1.807) is 16.4 Å². The summed E-state index contributed by atoms with van der Waals surface area (Å²) < 4.78 is 27.0. The highest BCUT2D eigenvalue weighted by atomic mass is 32.2. The fourth-order valence-electron chi connectivity index (χ4n) is 14.4. The predicted molar refractivity (Wildman–Crippen MR) is 216 cm³/mol. The minimum atomic E-state index is -3.12. The molecule has 0 bridgehead atoms. The molecular formula is C45H69N3O4S. The van der Waals surface area contributed by atoms with Crippen LogP contribution >= 0.6 is 0 Å². The van der Waals surface area contributed by atoms with Gasteiger partial charge in [-0.3, -0.25) is 4.90 Å². The second-order valence-corrected chi connectivity index (χ2v) is 21.8. The zero-order chi connectivity index (χ0) is 38.2. The number of nitrogens with zero attached hydrogens (tertiary/aromatic N) is 2. The van der Waals surface area contributed by atoms with E-state index in [-0.39, 0.29) is 33.0 Å². The minimum absolute atomic E-state index is 0.00930. The third kappa shape index (κ3) is 6.23. The lowest BCUT2D eigenvalue weighted by Crippen LogP contribution is -2.68. The van der Waals surface area contributed by atoms with Crippen LogP contribution in [0.2, 0.25) is 0 Å². The number of piperazine rings is 1. The molecule has 0 aromatic heterocycles. The van der Waals surface area contributed by atoms with Crippen LogP contribution in [0.1, 0.15) is 129 Å². The lowest BCUT2D eigenvalue weighted by Gasteiger charge is -2.72. The summed E-state index contributed by atoms with van der Waals surface area (Å²) in [6.07, 6.45) is 14.4. The predicted octanol–water partition coefficient (Wildman–Crippen LogP) is 8.74. The molecule has 4 saturated carbocycles. The van der Waals surface area contributed by atoms with Crippen LogP contribution in [0, 0.1) is 51.2 Å². The molecule has 9 atom stereocenters. The van der Waals surface area contributed by atoms with Crippen molar-refractivity contribution in [3.63, 3.8) is 0 Å². The maximum absolute atomic E-state index is 12.7. The van der Waals surface area contributed by atoms with Gasteiger partial charge in [-0.2, -0.15) is 4.31 Å². The largest absolute Gasteiger partial charge is 0.478 e. The van der Waals surface area contributed by atoms with Crippen LogP contribution < -0.4 is 5.32 Å². The molecule has 1 heterocycles. The molecule has 294 valence electrons. The smallest absolute Gasteiger partial charge is 0.335 e. The minimum Gasteiger partial charge on any atom is -0.478 e. The summed E-state index contributed by atoms with van der Waals surface area (Å²) in [6.45, 7) is 26.7. The number of hydrogen-bond acceptors (Lipinski definition) is 5. The van der Waals surface area contributed by atoms with Crippen molar-refractivity contribution in [2.45, 2.75) is 118 Å². The standard InChI is InChI=1S/C45H69N3O4S/c1-9-30-53(51,52)48-28-26-47(27-29-48)25-24-46-45-21-16-34(31(2)3)39(45)36-14-15-38-42(6)19-17-35(32-10-12-33(13-11-32)40(49)50)41(4,5)37(42)18-20-44(38,8)43(36,7)22-23-45/h10-13,17,34,36-39,46H,2,9,14-16,18-30H2,1,3-8H3,(H,49,50)/t34-,36+,37-,38+,39+,42-,43+,44+,45-/m0/s1. The van der Waals surface area contributed by atoms with Crippen LogP contribution in [0.15, 0.2) is 42.5 Å². The molecule has 7 rings (SSSR count). The Morgan fingerprint density at radius 3 is 2.25 bits per heavy atom. The van der Waals surface area contributed by atoms with Crippen LogP contribution in [0.3, 0.4) is 0 Å². The van der Waals surface area contributed by atoms with Gasteiger partial charge in [0, 0.05) is 44.8 Å². The lowest BCUT2D eigenvalue weighted by molar-refractivity contribution is -0.219. The van der Waals surface area contributed by atoms with E-state index in [2.05, 4.69) is 64.4 Å². The van der Waals surface area contributed by atoms with Gasteiger partial charge in [0.05, 0.1) is 11.3 Å². The molecule has 0 spiro atoms. The highest BCUT2D eigenvalue weighted by Gasteiger charge is 2.70. The molecule has 5 aliphatic carbocycles. The van der Waals surface area contributed by atoms with E-state index in [9.17, 15) is 18.3 Å². The summed E-state index contributed by atoms with van der Waals surface area (Å²) in [6, 6.07) is 7.60. The van der Waals surface area contributed by atoms with E-state index in [4.69, 9.17) is 0 Å². The van der Waals surface area contributed by atoms with E-state index in [1.807, 2.05) is 19.1 Å². The highest BCUT2D eigenvalue weighted by molar-refractivity contribution is 7.89. The Balaban J connectivity index is 1.10. The van der Waals surface area contributed by atoms with Crippen molar-refractivity contribution in [1.29, 1.82) is 0 Å². The summed E-state index contributed by atoms with van der Waals surface area (Å²) in [5.41, 5.74) is 5.25. The Morgan fingerprint density at radius 2 is 1.60 bits per heavy atom. The second kappa shape index (κ2) is 13.9. The number of allylic oxidation sites excluding steroid dienone is 3. The topological polar surface area (TPSA) is 90.0 Å². The first-order valence-corrected chi connectivity index (χ1v) is 22.7. The second-order valence-electron chi connectivity index (χ2n) is 19.8. The fourth-order valence-corrected chi connectivity index (χ4v) is 15.9. The van der Waals surface area contributed by atoms with Crippen molar-refractivity contribution in [3.05, 3.63) is 53.6 Å². The van der Waals surface area contributed by atoms with Gasteiger partial charge in [0.25, 0.3) is 0 Å². The Bertz CT molecular complexity index is 1710. The molecule has 53 heavy (non-hydrogen) atoms. The molecule has 8 heteroatoms. The third-order valence-electron chi connectivity index (χ3n) is 17.2. The zero-order valence-corrected chi connectivity index (χ0v) is 34.8. The molecule has 6 aliphatic rings. The van der Waals surface area contributed by atoms with Crippen LogP contribution in [-0.4, -0.2) is 79.3 Å². The Kier molecular flexibility index (Phi) is 10.3. The first kappa shape index (κ1) is 39.2. The molecule has 0 amide bonds. The first-order chi connectivity index (χ1) is 24.9. The van der Waals surface area contributed by atoms with Gasteiger partial charge in [-0.05, 0) is 146 Å². The molecule has 0 radical (unpaired) electrons. The van der Waals surface area contributed by atoms with Gasteiger partial charge >= 0.3 is 5.97 Å². The number of benzene rings is 1. The Hall–Kier alpha value is -2.00. The van der Waals surface area contributed by atoms with Crippen LogP contribution in [0.4, 0.5) is 0 Å². The highest BCUT2D eigenvalue weighted by Crippen LogP contribution is 2.76. The van der Waals surface area contributed by atoms with Gasteiger partial charge < -0.3 is 10.4 Å². The average Bonchev–Trinajstić information content (AvgIpc) is 3.49. The van der Waals surface area contributed by atoms with Crippen molar-refractivity contribution < 1.29 is 18.3 Å². The Morgan fingerprint density at radius 1 is 0.906 bits per heavy atom. The van der Waals surface area contributed by atoms with Gasteiger partial charge in [0.15, 0.2) is 0 Å². The number of carbonyl (C=O) groups is 1. The molecule has 0 unspecified atom stereocenters. The quantitative estimate of drug-likeness (QED) is 0.233. The molecule has 1 saturated heterocycles. The lowest BCUT2D eigenvalue weighted by atomic mass is 9.33. The summed E-state index contributed by atoms with van der Waals surface area (Å²) in [5, 5.41) is 13.8. The number of sulfonamides is 1. The molecule has 1 aromatic rings. The molecular weight excluding hydrogens is 679 g/mol. The van der Waals surface area contributed by atoms with E-state index in [0.717, 1.165) is 32.6 Å². The van der Waals surface area contributed by atoms with Gasteiger partial charge in [-0.1, -0.05) is 71.9 Å². The normalized spacial score (nSPS) is 40.0. The summed E-state index contributed by atoms with van der Waals surface area (Å²) >= 11 is 0. The first-order valence-electron chi connectivity index (χ1n) is 21.1. The van der Waals surface area contributed by atoms with Crippen LogP contribution in [0.5, 0.6) is 0 Å². The average molecular weight is 748 g/mol. The molecule has 5 fully saturated rings. The number of hydrogen-bond donors (Lipinski definition) is 2. The zero-order valence-electron chi connectivity index (χ0n) is 34.0. The van der Waals surface area contributed by atoms with Gasteiger partial charge in [-0.25, -0.2) is 13.2 Å². The van der Waals surface area contributed by atoms with E-state index in [1.165, 1.54) is 68.1 Å². The third-order valence-corrected chi connectivity index (χ3v) is 19.3.